The highest BCUT2D eigenvalue weighted by Gasteiger charge is 2.33. The number of nitrogens with zero attached hydrogens (tertiary/aromatic N) is 3. The fourth-order valence-electron chi connectivity index (χ4n) is 4.53. The van der Waals surface area contributed by atoms with Gasteiger partial charge in [-0.15, -0.1) is 0 Å². The van der Waals surface area contributed by atoms with E-state index in [1.54, 1.807) is 68.6 Å². The van der Waals surface area contributed by atoms with Gasteiger partial charge < -0.3 is 9.47 Å². The highest BCUT2D eigenvalue weighted by Crippen LogP contribution is 2.31. The molecule has 1 aromatic heterocycles. The molecule has 1 heterocycles. The summed E-state index contributed by atoms with van der Waals surface area (Å²) >= 11 is 6.24. The molecule has 0 aliphatic carbocycles. The van der Waals surface area contributed by atoms with Gasteiger partial charge in [0.2, 0.25) is 10.0 Å². The van der Waals surface area contributed by atoms with Gasteiger partial charge in [-0.05, 0) is 72.5 Å². The molecule has 3 aromatic carbocycles. The Morgan fingerprint density at radius 3 is 2.23 bits per heavy atom. The van der Waals surface area contributed by atoms with Gasteiger partial charge in [-0.25, -0.2) is 13.4 Å². The summed E-state index contributed by atoms with van der Waals surface area (Å²) < 4.78 is 41.5. The largest absolute Gasteiger partial charge is 0.497 e. The standard InChI is InChI=1S/C30H34ClN3O5S/c1-20(33(17-18-38-5)40(36,37)25-14-7-21(8-15-25)30(2,3)4)28-32-27-19-22(31)9-16-26(27)29(35)34(28)23-10-12-24(39-6)13-11-23/h7-16,19-20H,17-18H2,1-6H3. The molecule has 1 unspecified atom stereocenters. The van der Waals surface area contributed by atoms with Crippen molar-refractivity contribution >= 4 is 32.5 Å². The number of fused-ring (bicyclic) bond motifs is 1. The molecule has 212 valence electrons. The quantitative estimate of drug-likeness (QED) is 0.249. The Morgan fingerprint density at radius 2 is 1.65 bits per heavy atom. The molecule has 4 rings (SSSR count). The van der Waals surface area contributed by atoms with E-state index >= 15 is 0 Å². The van der Waals surface area contributed by atoms with Gasteiger partial charge in [0.15, 0.2) is 0 Å². The van der Waals surface area contributed by atoms with Crippen molar-refractivity contribution in [3.05, 3.63) is 93.5 Å². The smallest absolute Gasteiger partial charge is 0.266 e. The van der Waals surface area contributed by atoms with E-state index in [2.05, 4.69) is 20.8 Å². The Morgan fingerprint density at radius 1 is 1.00 bits per heavy atom. The third-order valence-corrected chi connectivity index (χ3v) is 9.06. The van der Waals surface area contributed by atoms with E-state index in [9.17, 15) is 13.2 Å². The zero-order chi connectivity index (χ0) is 29.2. The maximum atomic E-state index is 14.1. The van der Waals surface area contributed by atoms with Crippen molar-refractivity contribution in [3.8, 4) is 11.4 Å². The fourth-order valence-corrected chi connectivity index (χ4v) is 6.27. The van der Waals surface area contributed by atoms with Gasteiger partial charge >= 0.3 is 0 Å². The second kappa shape index (κ2) is 11.7. The summed E-state index contributed by atoms with van der Waals surface area (Å²) in [6, 6.07) is 17.8. The normalized spacial score (nSPS) is 13.1. The molecule has 1 atom stereocenters. The number of sulfonamides is 1. The molecular formula is C30H34ClN3O5S. The third-order valence-electron chi connectivity index (χ3n) is 6.84. The van der Waals surface area contributed by atoms with E-state index < -0.39 is 16.1 Å². The van der Waals surface area contributed by atoms with Crippen molar-refractivity contribution in [2.24, 2.45) is 0 Å². The molecule has 8 nitrogen and oxygen atoms in total. The number of halogens is 1. The summed E-state index contributed by atoms with van der Waals surface area (Å²) in [6.45, 7) is 8.12. The van der Waals surface area contributed by atoms with E-state index in [0.29, 0.717) is 27.4 Å². The first-order valence-electron chi connectivity index (χ1n) is 12.9. The summed E-state index contributed by atoms with van der Waals surface area (Å²) in [5, 5.41) is 0.781. The molecule has 0 amide bonds. The van der Waals surface area contributed by atoms with E-state index in [1.165, 1.54) is 16.0 Å². The van der Waals surface area contributed by atoms with E-state index in [4.69, 9.17) is 26.1 Å². The minimum Gasteiger partial charge on any atom is -0.497 e. The van der Waals surface area contributed by atoms with Crippen LogP contribution >= 0.6 is 11.6 Å². The Kier molecular flexibility index (Phi) is 8.70. The van der Waals surface area contributed by atoms with Crippen LogP contribution in [0.2, 0.25) is 5.02 Å². The zero-order valence-electron chi connectivity index (χ0n) is 23.5. The highest BCUT2D eigenvalue weighted by molar-refractivity contribution is 7.89. The Hall–Kier alpha value is -3.24. The maximum Gasteiger partial charge on any atom is 0.266 e. The molecule has 0 saturated heterocycles. The predicted molar refractivity (Wildman–Crippen MR) is 158 cm³/mol. The number of ether oxygens (including phenoxy) is 2. The lowest BCUT2D eigenvalue weighted by Gasteiger charge is -2.30. The highest BCUT2D eigenvalue weighted by atomic mass is 35.5. The molecule has 0 saturated carbocycles. The summed E-state index contributed by atoms with van der Waals surface area (Å²) in [7, 11) is -0.946. The molecule has 0 bridgehead atoms. The van der Waals surface area contributed by atoms with Gasteiger partial charge in [0.05, 0.1) is 41.2 Å². The number of methoxy groups -OCH3 is 2. The van der Waals surface area contributed by atoms with Crippen molar-refractivity contribution in [1.29, 1.82) is 0 Å². The number of hydrogen-bond acceptors (Lipinski definition) is 6. The number of rotatable bonds is 9. The van der Waals surface area contributed by atoms with Gasteiger partial charge in [-0.1, -0.05) is 44.5 Å². The van der Waals surface area contributed by atoms with Gasteiger partial charge in [-0.3, -0.25) is 9.36 Å². The Balaban J connectivity index is 1.92. The lowest BCUT2D eigenvalue weighted by Crippen LogP contribution is -2.39. The van der Waals surface area contributed by atoms with Crippen molar-refractivity contribution in [2.75, 3.05) is 27.4 Å². The second-order valence-electron chi connectivity index (χ2n) is 10.5. The minimum atomic E-state index is -4.01. The first-order valence-corrected chi connectivity index (χ1v) is 14.7. The molecule has 10 heteroatoms. The van der Waals surface area contributed by atoms with E-state index in [1.807, 2.05) is 12.1 Å². The first-order chi connectivity index (χ1) is 18.9. The van der Waals surface area contributed by atoms with E-state index in [-0.39, 0.29) is 34.8 Å². The number of hydrogen-bond donors (Lipinski definition) is 0. The van der Waals surface area contributed by atoms with Crippen LogP contribution in [0.5, 0.6) is 5.75 Å². The fraction of sp³-hybridized carbons (Fsp3) is 0.333. The van der Waals surface area contributed by atoms with Crippen molar-refractivity contribution in [1.82, 2.24) is 13.9 Å². The SMILES string of the molecule is COCCN(C(C)c1nc2cc(Cl)ccc2c(=O)n1-c1ccc(OC)cc1)S(=O)(=O)c1ccc(C(C)(C)C)cc1. The molecule has 4 aromatic rings. The van der Waals surface area contributed by atoms with Gasteiger partial charge in [0.25, 0.3) is 5.56 Å². The number of benzene rings is 3. The Labute approximate surface area is 240 Å². The van der Waals surface area contributed by atoms with Crippen LogP contribution in [0.4, 0.5) is 0 Å². The third kappa shape index (κ3) is 5.93. The second-order valence-corrected chi connectivity index (χ2v) is 12.9. The van der Waals surface area contributed by atoms with Crippen molar-refractivity contribution < 1.29 is 17.9 Å². The molecule has 0 N–H and O–H groups in total. The van der Waals surface area contributed by atoms with Crippen LogP contribution in [-0.2, 0) is 20.2 Å². The molecule has 0 aliphatic heterocycles. The summed E-state index contributed by atoms with van der Waals surface area (Å²) in [4.78, 5) is 18.8. The molecule has 0 radical (unpaired) electrons. The van der Waals surface area contributed by atoms with E-state index in [0.717, 1.165) is 5.56 Å². The van der Waals surface area contributed by atoms with Gasteiger partial charge in [0, 0.05) is 18.7 Å². The van der Waals surface area contributed by atoms with Crippen LogP contribution in [0.1, 0.15) is 45.1 Å². The van der Waals surface area contributed by atoms with Crippen molar-refractivity contribution in [2.45, 2.75) is 44.0 Å². The average Bonchev–Trinajstić information content (AvgIpc) is 2.92. The lowest BCUT2D eigenvalue weighted by atomic mass is 9.87. The summed E-state index contributed by atoms with van der Waals surface area (Å²) in [6.07, 6.45) is 0. The van der Waals surface area contributed by atoms with Crippen LogP contribution in [0.3, 0.4) is 0 Å². The van der Waals surface area contributed by atoms with Crippen LogP contribution in [0, 0.1) is 0 Å². The minimum absolute atomic E-state index is 0.0487. The maximum absolute atomic E-state index is 14.1. The summed E-state index contributed by atoms with van der Waals surface area (Å²) in [5.74, 6) is 0.867. The van der Waals surface area contributed by atoms with Gasteiger partial charge in [0.1, 0.15) is 11.6 Å². The van der Waals surface area contributed by atoms with Crippen LogP contribution in [-0.4, -0.2) is 49.6 Å². The average molecular weight is 584 g/mol. The monoisotopic (exact) mass is 583 g/mol. The Bertz CT molecular complexity index is 1660. The van der Waals surface area contributed by atoms with Crippen LogP contribution < -0.4 is 10.3 Å². The summed E-state index contributed by atoms with van der Waals surface area (Å²) in [5.41, 5.74) is 1.45. The molecule has 0 aliphatic rings. The molecule has 0 fully saturated rings. The number of aromatic nitrogens is 2. The van der Waals surface area contributed by atoms with Gasteiger partial charge in [-0.2, -0.15) is 4.31 Å². The van der Waals surface area contributed by atoms with Crippen molar-refractivity contribution in [3.63, 3.8) is 0 Å². The van der Waals surface area contributed by atoms with Crippen LogP contribution in [0.15, 0.2) is 76.4 Å². The topological polar surface area (TPSA) is 90.7 Å². The zero-order valence-corrected chi connectivity index (χ0v) is 25.1. The molecule has 0 spiro atoms. The first kappa shape index (κ1) is 29.7. The molecular weight excluding hydrogens is 550 g/mol. The van der Waals surface area contributed by atoms with Crippen LogP contribution in [0.25, 0.3) is 16.6 Å². The molecule has 40 heavy (non-hydrogen) atoms. The predicted octanol–water partition coefficient (Wildman–Crippen LogP) is 5.74. The lowest BCUT2D eigenvalue weighted by molar-refractivity contribution is 0.166.